The van der Waals surface area contributed by atoms with Crippen LogP contribution in [0.4, 0.5) is 0 Å². The lowest BCUT2D eigenvalue weighted by atomic mass is 9.94. The highest BCUT2D eigenvalue weighted by Crippen LogP contribution is 2.30. The third kappa shape index (κ3) is 5.07. The van der Waals surface area contributed by atoms with Crippen molar-refractivity contribution in [2.24, 2.45) is 5.92 Å². The summed E-state index contributed by atoms with van der Waals surface area (Å²) in [4.78, 5) is 0. The Labute approximate surface area is 174 Å². The Morgan fingerprint density at radius 3 is 2.21 bits per heavy atom. The molecule has 29 heavy (non-hydrogen) atoms. The number of aryl methyl sites for hydroxylation is 1. The summed E-state index contributed by atoms with van der Waals surface area (Å²) in [7, 11) is 0. The van der Waals surface area contributed by atoms with Gasteiger partial charge in [-0.2, -0.15) is 0 Å². The maximum absolute atomic E-state index is 5.74. The highest BCUT2D eigenvalue weighted by Gasteiger charge is 2.23. The molecule has 2 unspecified atom stereocenters. The monoisotopic (exact) mass is 386 g/mol. The summed E-state index contributed by atoms with van der Waals surface area (Å²) in [5, 5.41) is 0. The van der Waals surface area contributed by atoms with E-state index < -0.39 is 0 Å². The van der Waals surface area contributed by atoms with Gasteiger partial charge in [0.1, 0.15) is 18.5 Å². The topological polar surface area (TPSA) is 21.8 Å². The molecule has 2 nitrogen and oxygen atoms in total. The maximum Gasteiger partial charge on any atom is 0.119 e. The van der Waals surface area contributed by atoms with Gasteiger partial charge in [-0.25, -0.2) is 0 Å². The summed E-state index contributed by atoms with van der Waals surface area (Å²) >= 11 is 0. The Hall–Kier alpha value is -2.58. The van der Waals surface area contributed by atoms with E-state index in [-0.39, 0.29) is 6.10 Å². The zero-order valence-electron chi connectivity index (χ0n) is 17.7. The van der Waals surface area contributed by atoms with Crippen molar-refractivity contribution in [3.05, 3.63) is 77.9 Å². The van der Waals surface area contributed by atoms with E-state index in [9.17, 15) is 0 Å². The minimum atomic E-state index is 0.286. The van der Waals surface area contributed by atoms with Crippen molar-refractivity contribution in [2.75, 3.05) is 13.2 Å². The van der Waals surface area contributed by atoms with Crippen LogP contribution in [0.25, 0.3) is 22.3 Å². The van der Waals surface area contributed by atoms with Gasteiger partial charge in [0.15, 0.2) is 0 Å². The van der Waals surface area contributed by atoms with Gasteiger partial charge in [-0.05, 0) is 64.8 Å². The predicted molar refractivity (Wildman–Crippen MR) is 120 cm³/mol. The molecule has 2 atom stereocenters. The van der Waals surface area contributed by atoms with Crippen LogP contribution in [-0.2, 0) is 11.2 Å². The minimum absolute atomic E-state index is 0.286. The van der Waals surface area contributed by atoms with Crippen molar-refractivity contribution >= 4 is 0 Å². The molecule has 1 saturated heterocycles. The van der Waals surface area contributed by atoms with E-state index in [4.69, 9.17) is 9.47 Å². The quantitative estimate of drug-likeness (QED) is 0.402. The first kappa shape index (κ1) is 19.7. The highest BCUT2D eigenvalue weighted by molar-refractivity contribution is 5.74. The molecule has 0 bridgehead atoms. The molecule has 1 aliphatic heterocycles. The lowest BCUT2D eigenvalue weighted by molar-refractivity contribution is 0.263. The summed E-state index contributed by atoms with van der Waals surface area (Å²) < 4.78 is 10.9. The molecule has 0 aromatic heterocycles. The van der Waals surface area contributed by atoms with Crippen molar-refractivity contribution in [3.63, 3.8) is 0 Å². The van der Waals surface area contributed by atoms with E-state index in [1.165, 1.54) is 39.8 Å². The number of hydrogen-bond acceptors (Lipinski definition) is 2. The Kier molecular flexibility index (Phi) is 6.01. The molecule has 1 heterocycles. The fourth-order valence-electron chi connectivity index (χ4n) is 3.63. The van der Waals surface area contributed by atoms with Gasteiger partial charge in [0, 0.05) is 0 Å². The summed E-state index contributed by atoms with van der Waals surface area (Å²) in [6.45, 7) is 8.22. The van der Waals surface area contributed by atoms with Crippen LogP contribution in [0.2, 0.25) is 0 Å². The molecule has 1 aliphatic rings. The van der Waals surface area contributed by atoms with E-state index in [1.807, 2.05) is 12.1 Å². The van der Waals surface area contributed by atoms with Crippen LogP contribution in [-0.4, -0.2) is 19.3 Å². The molecule has 150 valence electrons. The van der Waals surface area contributed by atoms with Crippen LogP contribution in [0, 0.1) is 12.8 Å². The van der Waals surface area contributed by atoms with Gasteiger partial charge in [0.05, 0.1) is 6.61 Å². The predicted octanol–water partition coefficient (Wildman–Crippen LogP) is 6.70. The number of epoxide rings is 1. The number of rotatable bonds is 8. The zero-order chi connectivity index (χ0) is 20.2. The molecule has 0 aliphatic carbocycles. The van der Waals surface area contributed by atoms with Crippen LogP contribution in [0.15, 0.2) is 66.7 Å². The molecule has 0 spiro atoms. The third-order valence-electron chi connectivity index (χ3n) is 5.80. The Bertz CT molecular complexity index is 937. The molecule has 2 heteroatoms. The van der Waals surface area contributed by atoms with E-state index in [2.05, 4.69) is 75.4 Å². The first-order chi connectivity index (χ1) is 14.1. The number of ether oxygens (including phenoxy) is 2. The van der Waals surface area contributed by atoms with E-state index in [0.29, 0.717) is 6.61 Å². The average Bonchev–Trinajstić information content (AvgIpc) is 3.58. The van der Waals surface area contributed by atoms with Crippen LogP contribution in [0.5, 0.6) is 5.75 Å². The standard InChI is InChI=1S/C27H30O2/c1-4-19(2)15-21-5-7-22(8-6-21)24-11-14-27(20(3)16-24)23-9-12-25(13-10-23)28-17-26-18-29-26/h5-14,16,19,26H,4,15,17-18H2,1-3H3. The third-order valence-corrected chi connectivity index (χ3v) is 5.80. The molecule has 0 saturated carbocycles. The number of benzene rings is 3. The van der Waals surface area contributed by atoms with Crippen molar-refractivity contribution in [1.82, 2.24) is 0 Å². The van der Waals surface area contributed by atoms with Crippen molar-refractivity contribution in [3.8, 4) is 28.0 Å². The van der Waals surface area contributed by atoms with Crippen LogP contribution in [0.1, 0.15) is 31.4 Å². The minimum Gasteiger partial charge on any atom is -0.491 e. The van der Waals surface area contributed by atoms with Gasteiger partial charge in [0.25, 0.3) is 0 Å². The second-order valence-electron chi connectivity index (χ2n) is 8.23. The lowest BCUT2D eigenvalue weighted by Gasteiger charge is -2.12. The lowest BCUT2D eigenvalue weighted by Crippen LogP contribution is -2.03. The largest absolute Gasteiger partial charge is 0.491 e. The first-order valence-corrected chi connectivity index (χ1v) is 10.7. The van der Waals surface area contributed by atoms with Crippen LogP contribution >= 0.6 is 0 Å². The van der Waals surface area contributed by atoms with Gasteiger partial charge in [-0.1, -0.05) is 74.9 Å². The summed E-state index contributed by atoms with van der Waals surface area (Å²) in [5.74, 6) is 1.64. The van der Waals surface area contributed by atoms with Gasteiger partial charge >= 0.3 is 0 Å². The van der Waals surface area contributed by atoms with E-state index in [1.54, 1.807) is 0 Å². The Balaban J connectivity index is 1.47. The molecule has 0 radical (unpaired) electrons. The zero-order valence-corrected chi connectivity index (χ0v) is 17.7. The molecule has 3 aromatic rings. The maximum atomic E-state index is 5.74. The second kappa shape index (κ2) is 8.84. The Morgan fingerprint density at radius 2 is 1.59 bits per heavy atom. The summed E-state index contributed by atoms with van der Waals surface area (Å²) in [6, 6.07) is 24.1. The van der Waals surface area contributed by atoms with Crippen LogP contribution in [0.3, 0.4) is 0 Å². The normalized spacial score (nSPS) is 16.4. The molecule has 1 fully saturated rings. The molecule has 3 aromatic carbocycles. The SMILES string of the molecule is CCC(C)Cc1ccc(-c2ccc(-c3ccc(OCC4CO4)cc3)c(C)c2)cc1. The second-order valence-corrected chi connectivity index (χ2v) is 8.23. The molecule has 4 rings (SSSR count). The molecule has 0 N–H and O–H groups in total. The van der Waals surface area contributed by atoms with Gasteiger partial charge < -0.3 is 9.47 Å². The summed E-state index contributed by atoms with van der Waals surface area (Å²) in [6.07, 6.45) is 2.67. The van der Waals surface area contributed by atoms with Gasteiger partial charge in [-0.3, -0.25) is 0 Å². The Morgan fingerprint density at radius 1 is 0.931 bits per heavy atom. The summed E-state index contributed by atoms with van der Waals surface area (Å²) in [5.41, 5.74) is 7.73. The number of hydrogen-bond donors (Lipinski definition) is 0. The van der Waals surface area contributed by atoms with Crippen molar-refractivity contribution in [2.45, 2.75) is 39.7 Å². The molecular formula is C27H30O2. The van der Waals surface area contributed by atoms with Gasteiger partial charge in [-0.15, -0.1) is 0 Å². The van der Waals surface area contributed by atoms with Crippen molar-refractivity contribution in [1.29, 1.82) is 0 Å². The molecular weight excluding hydrogens is 356 g/mol. The van der Waals surface area contributed by atoms with Crippen molar-refractivity contribution < 1.29 is 9.47 Å². The van der Waals surface area contributed by atoms with Gasteiger partial charge in [0.2, 0.25) is 0 Å². The fraction of sp³-hybridized carbons (Fsp3) is 0.333. The van der Waals surface area contributed by atoms with E-state index in [0.717, 1.165) is 24.7 Å². The average molecular weight is 387 g/mol. The van der Waals surface area contributed by atoms with Crippen LogP contribution < -0.4 is 4.74 Å². The highest BCUT2D eigenvalue weighted by atomic mass is 16.6. The fourth-order valence-corrected chi connectivity index (χ4v) is 3.63. The smallest absolute Gasteiger partial charge is 0.119 e. The molecule has 0 amide bonds. The van der Waals surface area contributed by atoms with E-state index >= 15 is 0 Å². The first-order valence-electron chi connectivity index (χ1n) is 10.7.